The first-order valence-electron chi connectivity index (χ1n) is 14.6. The zero-order valence-corrected chi connectivity index (χ0v) is 25.4. The number of rotatable bonds is 8. The van der Waals surface area contributed by atoms with Crippen molar-refractivity contribution in [2.75, 3.05) is 5.88 Å². The third-order valence-electron chi connectivity index (χ3n) is 8.40. The Bertz CT molecular complexity index is 1500. The highest BCUT2D eigenvalue weighted by atomic mass is 32.2. The van der Waals surface area contributed by atoms with Crippen LogP contribution < -0.4 is 10.6 Å². The van der Waals surface area contributed by atoms with E-state index in [1.54, 1.807) is 25.3 Å². The number of thioether (sulfide) groups is 1. The predicted molar refractivity (Wildman–Crippen MR) is 165 cm³/mol. The predicted octanol–water partition coefficient (Wildman–Crippen LogP) is 3.67. The minimum absolute atomic E-state index is 0.0227. The molecule has 5 rings (SSSR count). The summed E-state index contributed by atoms with van der Waals surface area (Å²) in [5.74, 6) is -1.22. The van der Waals surface area contributed by atoms with Gasteiger partial charge in [-0.2, -0.15) is 0 Å². The van der Waals surface area contributed by atoms with Gasteiger partial charge >= 0.3 is 0 Å². The topological polar surface area (TPSA) is 132 Å². The molecule has 4 atom stereocenters. The normalized spacial score (nSPS) is 20.5. The van der Waals surface area contributed by atoms with Crippen LogP contribution in [0, 0.1) is 6.92 Å². The second-order valence-electron chi connectivity index (χ2n) is 11.7. The van der Waals surface area contributed by atoms with Crippen molar-refractivity contribution < 1.29 is 24.6 Å². The SMILES string of the molecule is Cc1c(O)cccc1C(=O)N[C@@H](Cc1ccccc1)[C@H](O)C(=O)N1CSC(C)(C)[C@@H]1C(=O)N[C@H]1CCCc2ncccc21. The standard InChI is InChI=1S/C33H38N4O5S/c1-20-22(12-7-16-27(20)38)30(40)36-26(18-21-10-5-4-6-11-21)28(39)32(42)37-19-43-33(2,3)29(37)31(41)35-25-15-8-14-24-23(25)13-9-17-34-24/h4-7,9-13,16-17,25-26,28-29,38-39H,8,14-15,18-19H2,1-3H3,(H,35,41)(H,36,40)/t25-,26-,28-,29-/m0/s1. The Hall–Kier alpha value is -3.89. The third-order valence-corrected chi connectivity index (χ3v) is 9.77. The largest absolute Gasteiger partial charge is 0.508 e. The van der Waals surface area contributed by atoms with Gasteiger partial charge in [-0.1, -0.05) is 42.5 Å². The zero-order chi connectivity index (χ0) is 30.7. The fraction of sp³-hybridized carbons (Fsp3) is 0.394. The number of aromatic hydroxyl groups is 1. The highest BCUT2D eigenvalue weighted by molar-refractivity contribution is 8.00. The van der Waals surface area contributed by atoms with Gasteiger partial charge in [-0.15, -0.1) is 11.8 Å². The molecule has 226 valence electrons. The van der Waals surface area contributed by atoms with Crippen LogP contribution in [0.15, 0.2) is 66.9 Å². The first kappa shape index (κ1) is 30.6. The number of fused-ring (bicyclic) bond motifs is 1. The Morgan fingerprint density at radius 2 is 1.86 bits per heavy atom. The van der Waals surface area contributed by atoms with Crippen LogP contribution >= 0.6 is 11.8 Å². The molecule has 1 aliphatic heterocycles. The molecule has 0 radical (unpaired) electrons. The summed E-state index contributed by atoms with van der Waals surface area (Å²) in [7, 11) is 0. The second-order valence-corrected chi connectivity index (χ2v) is 13.3. The molecule has 0 saturated carbocycles. The average Bonchev–Trinajstić information content (AvgIpc) is 3.32. The Balaban J connectivity index is 1.38. The van der Waals surface area contributed by atoms with Crippen molar-refractivity contribution in [3.63, 3.8) is 0 Å². The minimum atomic E-state index is -1.62. The number of nitrogens with one attached hydrogen (secondary N) is 2. The van der Waals surface area contributed by atoms with Crippen LogP contribution in [0.4, 0.5) is 0 Å². The quantitative estimate of drug-likeness (QED) is 0.309. The van der Waals surface area contributed by atoms with Gasteiger partial charge in [-0.05, 0) is 75.8 Å². The van der Waals surface area contributed by atoms with Crippen molar-refractivity contribution >= 4 is 29.5 Å². The molecule has 10 heteroatoms. The van der Waals surface area contributed by atoms with E-state index in [4.69, 9.17) is 0 Å². The van der Waals surface area contributed by atoms with Crippen LogP contribution in [0.1, 0.15) is 65.5 Å². The summed E-state index contributed by atoms with van der Waals surface area (Å²) < 4.78 is -0.608. The number of hydrogen-bond acceptors (Lipinski definition) is 7. The van der Waals surface area contributed by atoms with Gasteiger partial charge in [0.15, 0.2) is 6.10 Å². The van der Waals surface area contributed by atoms with E-state index in [0.717, 1.165) is 36.1 Å². The number of hydrogen-bond donors (Lipinski definition) is 4. The maximum Gasteiger partial charge on any atom is 0.254 e. The molecule has 0 bridgehead atoms. The average molecular weight is 603 g/mol. The van der Waals surface area contributed by atoms with E-state index in [-0.39, 0.29) is 35.6 Å². The molecule has 3 amide bonds. The van der Waals surface area contributed by atoms with Crippen LogP contribution in [0.5, 0.6) is 5.75 Å². The Labute approximate surface area is 256 Å². The van der Waals surface area contributed by atoms with Crippen LogP contribution in [0.3, 0.4) is 0 Å². The van der Waals surface area contributed by atoms with E-state index >= 15 is 0 Å². The molecule has 9 nitrogen and oxygen atoms in total. The number of benzene rings is 2. The summed E-state index contributed by atoms with van der Waals surface area (Å²) in [5.41, 5.74) is 3.44. The molecule has 0 spiro atoms. The van der Waals surface area contributed by atoms with Crippen molar-refractivity contribution in [2.24, 2.45) is 0 Å². The number of aryl methyl sites for hydroxylation is 1. The van der Waals surface area contributed by atoms with Crippen molar-refractivity contribution in [2.45, 2.75) is 75.4 Å². The first-order chi connectivity index (χ1) is 20.6. The van der Waals surface area contributed by atoms with E-state index in [0.29, 0.717) is 5.56 Å². The van der Waals surface area contributed by atoms with E-state index in [2.05, 4.69) is 15.6 Å². The molecular formula is C33H38N4O5S. The van der Waals surface area contributed by atoms with E-state index in [1.165, 1.54) is 22.7 Å². The number of carbonyl (C=O) groups excluding carboxylic acids is 3. The molecule has 3 aromatic rings. The monoisotopic (exact) mass is 602 g/mol. The van der Waals surface area contributed by atoms with Crippen molar-refractivity contribution in [1.29, 1.82) is 0 Å². The van der Waals surface area contributed by atoms with Crippen molar-refractivity contribution in [1.82, 2.24) is 20.5 Å². The molecule has 4 N–H and O–H groups in total. The number of amides is 3. The lowest BCUT2D eigenvalue weighted by Crippen LogP contribution is -2.59. The molecule has 2 aliphatic rings. The Morgan fingerprint density at radius 1 is 1.09 bits per heavy atom. The lowest BCUT2D eigenvalue weighted by Gasteiger charge is -2.35. The van der Waals surface area contributed by atoms with Gasteiger partial charge in [-0.3, -0.25) is 19.4 Å². The molecule has 1 aliphatic carbocycles. The molecule has 1 saturated heterocycles. The maximum atomic E-state index is 14.0. The summed E-state index contributed by atoms with van der Waals surface area (Å²) in [6.07, 6.45) is 2.87. The molecule has 43 heavy (non-hydrogen) atoms. The molecule has 0 unspecified atom stereocenters. The van der Waals surface area contributed by atoms with Crippen LogP contribution in [0.25, 0.3) is 0 Å². The number of pyridine rings is 1. The number of carbonyl (C=O) groups is 3. The number of nitrogens with zero attached hydrogens (tertiary/aromatic N) is 2. The summed E-state index contributed by atoms with van der Waals surface area (Å²) in [5, 5.41) is 27.7. The molecule has 2 aromatic carbocycles. The maximum absolute atomic E-state index is 14.0. The smallest absolute Gasteiger partial charge is 0.254 e. The highest BCUT2D eigenvalue weighted by Gasteiger charge is 2.50. The van der Waals surface area contributed by atoms with Gasteiger partial charge in [0.25, 0.3) is 11.8 Å². The van der Waals surface area contributed by atoms with Crippen molar-refractivity contribution in [3.05, 3.63) is 94.8 Å². The van der Waals surface area contributed by atoms with Gasteiger partial charge < -0.3 is 25.7 Å². The molecule has 2 heterocycles. The lowest BCUT2D eigenvalue weighted by atomic mass is 9.90. The molecule has 1 aromatic heterocycles. The van der Waals surface area contributed by atoms with Gasteiger partial charge in [0.1, 0.15) is 11.8 Å². The van der Waals surface area contributed by atoms with Crippen LogP contribution in [-0.4, -0.2) is 66.6 Å². The van der Waals surface area contributed by atoms with E-state index < -0.39 is 34.7 Å². The van der Waals surface area contributed by atoms with Gasteiger partial charge in [-0.25, -0.2) is 0 Å². The number of phenolic OH excluding ortho intramolecular Hbond substituents is 1. The van der Waals surface area contributed by atoms with E-state index in [9.17, 15) is 24.6 Å². The first-order valence-corrected chi connectivity index (χ1v) is 15.6. The highest BCUT2D eigenvalue weighted by Crippen LogP contribution is 2.40. The number of phenols is 1. The third kappa shape index (κ3) is 6.55. The van der Waals surface area contributed by atoms with E-state index in [1.807, 2.05) is 56.3 Å². The number of aromatic nitrogens is 1. The Kier molecular flexibility index (Phi) is 9.08. The number of aliphatic hydroxyl groups is 1. The Morgan fingerprint density at radius 3 is 2.63 bits per heavy atom. The second kappa shape index (κ2) is 12.8. The zero-order valence-electron chi connectivity index (χ0n) is 24.6. The van der Waals surface area contributed by atoms with Crippen molar-refractivity contribution in [3.8, 4) is 5.75 Å². The minimum Gasteiger partial charge on any atom is -0.508 e. The summed E-state index contributed by atoms with van der Waals surface area (Å²) in [4.78, 5) is 47.1. The van der Waals surface area contributed by atoms with Gasteiger partial charge in [0, 0.05) is 27.8 Å². The molecular weight excluding hydrogens is 564 g/mol. The van der Waals surface area contributed by atoms with Gasteiger partial charge in [0.2, 0.25) is 5.91 Å². The summed E-state index contributed by atoms with van der Waals surface area (Å²) in [6, 6.07) is 15.7. The summed E-state index contributed by atoms with van der Waals surface area (Å²) >= 11 is 1.47. The summed E-state index contributed by atoms with van der Waals surface area (Å²) in [6.45, 7) is 5.48. The molecule has 1 fully saturated rings. The lowest BCUT2D eigenvalue weighted by molar-refractivity contribution is -0.147. The fourth-order valence-electron chi connectivity index (χ4n) is 5.99. The van der Waals surface area contributed by atoms with Crippen LogP contribution in [0.2, 0.25) is 0 Å². The van der Waals surface area contributed by atoms with Crippen LogP contribution in [-0.2, 0) is 22.4 Å². The number of aliphatic hydroxyl groups excluding tert-OH is 1. The van der Waals surface area contributed by atoms with Gasteiger partial charge in [0.05, 0.1) is 18.0 Å². The fourth-order valence-corrected chi connectivity index (χ4v) is 7.13.